The Morgan fingerprint density at radius 1 is 1.12 bits per heavy atom. The number of nitrogens with zero attached hydrogens (tertiary/aromatic N) is 5. The fraction of sp³-hybridized carbons (Fsp3) is 0.333. The molecular weight excluding hydrogens is 314 g/mol. The van der Waals surface area contributed by atoms with Crippen LogP contribution in [0, 0.1) is 5.92 Å². The number of hydrogen-bond acceptors (Lipinski definition) is 7. The molecule has 1 unspecified atom stereocenters. The molecule has 9 heteroatoms. The van der Waals surface area contributed by atoms with E-state index >= 15 is 0 Å². The molecule has 24 heavy (non-hydrogen) atoms. The topological polar surface area (TPSA) is 107 Å². The Labute approximate surface area is 136 Å². The maximum absolute atomic E-state index is 12.4. The SMILES string of the molecule is O=C(ON1C(=O)c2ccccc2C1=O)C1CCc2nnnn2CC1. The lowest BCUT2D eigenvalue weighted by molar-refractivity contribution is -0.174. The fourth-order valence-electron chi connectivity index (χ4n) is 2.95. The van der Waals surface area contributed by atoms with Gasteiger partial charge in [-0.15, -0.1) is 5.10 Å². The number of hydroxylamine groups is 2. The molecule has 3 heterocycles. The van der Waals surface area contributed by atoms with E-state index in [0.29, 0.717) is 36.7 Å². The number of carbonyl (C=O) groups excluding carboxylic acids is 3. The molecule has 9 nitrogen and oxygen atoms in total. The average molecular weight is 327 g/mol. The molecule has 2 aliphatic rings. The molecule has 4 rings (SSSR count). The van der Waals surface area contributed by atoms with Crippen LogP contribution < -0.4 is 0 Å². The first-order valence-electron chi connectivity index (χ1n) is 7.60. The molecule has 0 N–H and O–H groups in total. The lowest BCUT2D eigenvalue weighted by atomic mass is 10.0. The number of carbonyl (C=O) groups is 3. The van der Waals surface area contributed by atoms with Gasteiger partial charge in [-0.25, -0.2) is 9.48 Å². The molecule has 1 atom stereocenters. The summed E-state index contributed by atoms with van der Waals surface area (Å²) in [6, 6.07) is 6.38. The quantitative estimate of drug-likeness (QED) is 0.734. The third-order valence-electron chi connectivity index (χ3n) is 4.28. The van der Waals surface area contributed by atoms with Crippen molar-refractivity contribution in [1.29, 1.82) is 0 Å². The van der Waals surface area contributed by atoms with Crippen LogP contribution in [0.4, 0.5) is 0 Å². The molecule has 0 saturated heterocycles. The van der Waals surface area contributed by atoms with Crippen molar-refractivity contribution in [2.75, 3.05) is 0 Å². The normalized spacial score (nSPS) is 19.7. The van der Waals surface area contributed by atoms with Gasteiger partial charge in [0, 0.05) is 13.0 Å². The Hall–Kier alpha value is -3.10. The summed E-state index contributed by atoms with van der Waals surface area (Å²) < 4.78 is 1.65. The maximum atomic E-state index is 12.4. The Morgan fingerprint density at radius 2 is 1.83 bits per heavy atom. The molecule has 0 spiro atoms. The lowest BCUT2D eigenvalue weighted by Crippen LogP contribution is -2.35. The zero-order valence-electron chi connectivity index (χ0n) is 12.6. The predicted molar refractivity (Wildman–Crippen MR) is 77.3 cm³/mol. The number of aryl methyl sites for hydroxylation is 2. The second kappa shape index (κ2) is 5.52. The summed E-state index contributed by atoms with van der Waals surface area (Å²) in [4.78, 5) is 42.0. The zero-order chi connectivity index (χ0) is 16.7. The maximum Gasteiger partial charge on any atom is 0.336 e. The van der Waals surface area contributed by atoms with Crippen LogP contribution in [0.1, 0.15) is 39.4 Å². The highest BCUT2D eigenvalue weighted by Gasteiger charge is 2.40. The van der Waals surface area contributed by atoms with E-state index in [-0.39, 0.29) is 11.1 Å². The average Bonchev–Trinajstić information content (AvgIpc) is 3.06. The van der Waals surface area contributed by atoms with Gasteiger partial charge in [-0.3, -0.25) is 9.59 Å². The molecule has 2 aliphatic heterocycles. The Balaban J connectivity index is 1.46. The van der Waals surface area contributed by atoms with Crippen molar-refractivity contribution in [3.63, 3.8) is 0 Å². The molecule has 0 aliphatic carbocycles. The predicted octanol–water partition coefficient (Wildman–Crippen LogP) is 0.380. The first-order valence-corrected chi connectivity index (χ1v) is 7.60. The first-order chi connectivity index (χ1) is 11.6. The monoisotopic (exact) mass is 327 g/mol. The van der Waals surface area contributed by atoms with Crippen molar-refractivity contribution in [3.8, 4) is 0 Å². The van der Waals surface area contributed by atoms with Gasteiger partial charge in [0.05, 0.1) is 17.0 Å². The Bertz CT molecular complexity index is 788. The summed E-state index contributed by atoms with van der Waals surface area (Å²) >= 11 is 0. The fourth-order valence-corrected chi connectivity index (χ4v) is 2.95. The third-order valence-corrected chi connectivity index (χ3v) is 4.28. The van der Waals surface area contributed by atoms with Gasteiger partial charge in [-0.2, -0.15) is 0 Å². The number of benzene rings is 1. The van der Waals surface area contributed by atoms with Crippen LogP contribution in [0.2, 0.25) is 0 Å². The van der Waals surface area contributed by atoms with Crippen LogP contribution in [-0.2, 0) is 22.6 Å². The van der Waals surface area contributed by atoms with E-state index in [1.165, 1.54) is 12.1 Å². The number of fused-ring (bicyclic) bond motifs is 2. The molecule has 1 aromatic heterocycles. The van der Waals surface area contributed by atoms with Gasteiger partial charge < -0.3 is 4.84 Å². The second-order valence-corrected chi connectivity index (χ2v) is 5.70. The Kier molecular flexibility index (Phi) is 3.33. The van der Waals surface area contributed by atoms with Gasteiger partial charge in [0.2, 0.25) is 0 Å². The van der Waals surface area contributed by atoms with Gasteiger partial charge in [-0.05, 0) is 35.4 Å². The van der Waals surface area contributed by atoms with Gasteiger partial charge in [0.25, 0.3) is 11.8 Å². The van der Waals surface area contributed by atoms with E-state index in [1.54, 1.807) is 16.8 Å². The summed E-state index contributed by atoms with van der Waals surface area (Å²) in [5.41, 5.74) is 0.484. The van der Waals surface area contributed by atoms with Crippen molar-refractivity contribution in [1.82, 2.24) is 25.3 Å². The summed E-state index contributed by atoms with van der Waals surface area (Å²) in [5.74, 6) is -1.54. The van der Waals surface area contributed by atoms with Crippen LogP contribution in [0.5, 0.6) is 0 Å². The van der Waals surface area contributed by atoms with Crippen LogP contribution in [0.15, 0.2) is 24.3 Å². The highest BCUT2D eigenvalue weighted by atomic mass is 16.7. The van der Waals surface area contributed by atoms with E-state index in [2.05, 4.69) is 15.5 Å². The van der Waals surface area contributed by atoms with Gasteiger partial charge in [0.15, 0.2) is 5.82 Å². The summed E-state index contributed by atoms with van der Waals surface area (Å²) in [6.07, 6.45) is 1.53. The molecule has 0 saturated carbocycles. The van der Waals surface area contributed by atoms with Crippen LogP contribution in [0.25, 0.3) is 0 Å². The minimum atomic E-state index is -0.614. The van der Waals surface area contributed by atoms with Crippen LogP contribution in [-0.4, -0.2) is 43.1 Å². The minimum absolute atomic E-state index is 0.242. The van der Waals surface area contributed by atoms with E-state index in [9.17, 15) is 14.4 Å². The molecule has 0 radical (unpaired) electrons. The first kappa shape index (κ1) is 14.5. The highest BCUT2D eigenvalue weighted by Crippen LogP contribution is 2.25. The number of hydrogen-bond donors (Lipinski definition) is 0. The molecule has 0 bridgehead atoms. The standard InChI is InChI=1S/C15H13N5O4/c21-13-10-3-1-2-4-11(10)14(22)20(13)24-15(23)9-5-6-12-16-17-18-19(12)8-7-9/h1-4,9H,5-8H2. The highest BCUT2D eigenvalue weighted by molar-refractivity contribution is 6.20. The van der Waals surface area contributed by atoms with Crippen LogP contribution in [0.3, 0.4) is 0 Å². The number of tetrazole rings is 1. The number of imide groups is 1. The molecule has 2 aromatic rings. The van der Waals surface area contributed by atoms with E-state index < -0.39 is 23.7 Å². The second-order valence-electron chi connectivity index (χ2n) is 5.70. The smallest absolute Gasteiger partial charge is 0.329 e. The third kappa shape index (κ3) is 2.25. The van der Waals surface area contributed by atoms with Gasteiger partial charge in [0.1, 0.15) is 0 Å². The molecule has 122 valence electrons. The molecule has 0 fully saturated rings. The van der Waals surface area contributed by atoms with E-state index in [1.807, 2.05) is 0 Å². The summed E-state index contributed by atoms with van der Waals surface area (Å²) in [6.45, 7) is 0.490. The number of aromatic nitrogens is 4. The number of amides is 2. The van der Waals surface area contributed by atoms with Gasteiger partial charge >= 0.3 is 5.97 Å². The molecular formula is C15H13N5O4. The van der Waals surface area contributed by atoms with Crippen molar-refractivity contribution < 1.29 is 19.2 Å². The van der Waals surface area contributed by atoms with Crippen molar-refractivity contribution in [2.24, 2.45) is 5.92 Å². The summed E-state index contributed by atoms with van der Waals surface area (Å²) in [5, 5.41) is 11.9. The number of rotatable bonds is 2. The lowest BCUT2D eigenvalue weighted by Gasteiger charge is -2.17. The zero-order valence-corrected chi connectivity index (χ0v) is 12.6. The molecule has 1 aromatic carbocycles. The summed E-state index contributed by atoms with van der Waals surface area (Å²) in [7, 11) is 0. The van der Waals surface area contributed by atoms with Crippen molar-refractivity contribution >= 4 is 17.8 Å². The largest absolute Gasteiger partial charge is 0.336 e. The molecule has 2 amide bonds. The van der Waals surface area contributed by atoms with Gasteiger partial charge in [-0.1, -0.05) is 17.2 Å². The van der Waals surface area contributed by atoms with E-state index in [0.717, 1.165) is 0 Å². The van der Waals surface area contributed by atoms with Crippen molar-refractivity contribution in [2.45, 2.75) is 25.8 Å². The minimum Gasteiger partial charge on any atom is -0.329 e. The van der Waals surface area contributed by atoms with E-state index in [4.69, 9.17) is 4.84 Å². The van der Waals surface area contributed by atoms with Crippen LogP contribution >= 0.6 is 0 Å². The Morgan fingerprint density at radius 3 is 2.54 bits per heavy atom. The van der Waals surface area contributed by atoms with Crippen molar-refractivity contribution in [3.05, 3.63) is 41.2 Å².